The molecule has 0 radical (unpaired) electrons. The zero-order valence-corrected chi connectivity index (χ0v) is 18.5. The average molecular weight is 425 g/mol. The lowest BCUT2D eigenvalue weighted by atomic mass is 9.87. The first-order valence-corrected chi connectivity index (χ1v) is 9.83. The summed E-state index contributed by atoms with van der Waals surface area (Å²) in [5, 5.41) is 9.17. The molecule has 9 nitrogen and oxygen atoms in total. The second kappa shape index (κ2) is 8.63. The Morgan fingerprint density at radius 3 is 2.32 bits per heavy atom. The third-order valence-corrected chi connectivity index (χ3v) is 5.13. The molecule has 164 valence electrons. The van der Waals surface area contributed by atoms with Crippen LogP contribution in [0.2, 0.25) is 0 Å². The number of rotatable bonds is 8. The number of nitrogens with zero attached hydrogens (tertiary/aromatic N) is 2. The number of ether oxygens (including phenoxy) is 2. The highest BCUT2D eigenvalue weighted by atomic mass is 16.5. The zero-order valence-electron chi connectivity index (χ0n) is 18.5. The molecule has 1 heterocycles. The smallest absolute Gasteiger partial charge is 0.253 e. The first-order valence-electron chi connectivity index (χ1n) is 9.83. The number of methoxy groups -OCH3 is 2. The summed E-state index contributed by atoms with van der Waals surface area (Å²) in [4.78, 5) is 32.8. The summed E-state index contributed by atoms with van der Waals surface area (Å²) >= 11 is 0. The molecule has 3 N–H and O–H groups in total. The molecule has 0 aliphatic heterocycles. The van der Waals surface area contributed by atoms with E-state index >= 15 is 0 Å². The molecule has 0 spiro atoms. The number of para-hydroxylation sites is 1. The minimum absolute atomic E-state index is 0.0143. The Morgan fingerprint density at radius 2 is 1.68 bits per heavy atom. The maximum Gasteiger partial charge on any atom is 0.253 e. The van der Waals surface area contributed by atoms with Crippen LogP contribution in [0.4, 0.5) is 28.8 Å². The van der Waals surface area contributed by atoms with E-state index in [1.165, 1.54) is 0 Å². The minimum atomic E-state index is -0.578. The van der Waals surface area contributed by atoms with Crippen molar-refractivity contribution in [2.75, 3.05) is 30.2 Å². The highest BCUT2D eigenvalue weighted by Gasteiger charge is 2.27. The normalized spacial score (nSPS) is 12.3. The first kappa shape index (κ1) is 22.1. The van der Waals surface area contributed by atoms with Crippen LogP contribution in [-0.4, -0.2) is 30.2 Å². The van der Waals surface area contributed by atoms with Gasteiger partial charge in [-0.2, -0.15) is 4.98 Å². The number of nitrogens with one attached hydrogen (secondary N) is 3. The summed E-state index contributed by atoms with van der Waals surface area (Å²) < 4.78 is 10.7. The second-order valence-electron chi connectivity index (χ2n) is 8.20. The Labute approximate surface area is 180 Å². The highest BCUT2D eigenvalue weighted by molar-refractivity contribution is 5.78. The molecule has 0 amide bonds. The van der Waals surface area contributed by atoms with Crippen molar-refractivity contribution >= 4 is 28.8 Å². The Balaban J connectivity index is 1.83. The van der Waals surface area contributed by atoms with E-state index in [1.807, 2.05) is 13.0 Å². The van der Waals surface area contributed by atoms with E-state index in [1.54, 1.807) is 38.6 Å². The largest absolute Gasteiger partial charge is 0.493 e. The third kappa shape index (κ3) is 4.60. The van der Waals surface area contributed by atoms with Crippen LogP contribution in [0, 0.1) is 5.41 Å². The van der Waals surface area contributed by atoms with Gasteiger partial charge in [-0.1, -0.05) is 26.8 Å². The van der Waals surface area contributed by atoms with Crippen LogP contribution in [0.3, 0.4) is 0 Å². The van der Waals surface area contributed by atoms with Crippen molar-refractivity contribution in [1.82, 2.24) is 9.97 Å². The Morgan fingerprint density at radius 1 is 0.968 bits per heavy atom. The molecule has 9 heteroatoms. The van der Waals surface area contributed by atoms with E-state index in [4.69, 9.17) is 9.47 Å². The molecule has 0 aliphatic rings. The van der Waals surface area contributed by atoms with Gasteiger partial charge in [-0.25, -0.2) is 4.98 Å². The number of hydrogen-bond donors (Lipinski definition) is 3. The molecule has 0 aliphatic carbocycles. The molecule has 2 aromatic carbocycles. The van der Waals surface area contributed by atoms with Crippen molar-refractivity contribution < 1.29 is 9.47 Å². The van der Waals surface area contributed by atoms with Crippen molar-refractivity contribution in [3.63, 3.8) is 0 Å². The molecule has 1 atom stereocenters. The number of hydrogen-bond acceptors (Lipinski definition) is 9. The molecule has 0 bridgehead atoms. The van der Waals surface area contributed by atoms with Gasteiger partial charge in [0.25, 0.3) is 10.9 Å². The molecule has 0 unspecified atom stereocenters. The standard InChI is InChI=1S/C22H27N5O4/c1-12(22(2,3)4)24-16-17(19(29)18(16)28)26-15-10-11-23-21(27-15)25-13-8-7-9-14(30-5)20(13)31-6/h7-12,24H,1-6H3,(H2,23,25,26,27)/t12-/m1/s1. The van der Waals surface area contributed by atoms with Crippen LogP contribution in [0.25, 0.3) is 0 Å². The fraction of sp³-hybridized carbons (Fsp3) is 0.364. The monoisotopic (exact) mass is 425 g/mol. The van der Waals surface area contributed by atoms with E-state index in [9.17, 15) is 9.59 Å². The molecule has 1 aromatic heterocycles. The van der Waals surface area contributed by atoms with Crippen LogP contribution < -0.4 is 36.3 Å². The number of anilines is 5. The Hall–Kier alpha value is -3.62. The SMILES string of the molecule is COc1cccc(Nc2nccc(Nc3c(N[C@H](C)C(C)(C)C)c(=O)c3=O)n2)c1OC. The summed E-state index contributed by atoms with van der Waals surface area (Å²) in [5.41, 5.74) is -0.105. The first-order chi connectivity index (χ1) is 14.7. The van der Waals surface area contributed by atoms with E-state index in [0.717, 1.165) is 0 Å². The van der Waals surface area contributed by atoms with Crippen LogP contribution in [0.15, 0.2) is 40.1 Å². The molecule has 3 rings (SSSR count). The number of aromatic nitrogens is 2. The predicted octanol–water partition coefficient (Wildman–Crippen LogP) is 3.42. The maximum absolute atomic E-state index is 12.1. The zero-order chi connectivity index (χ0) is 22.8. The fourth-order valence-electron chi connectivity index (χ4n) is 2.80. The van der Waals surface area contributed by atoms with Gasteiger partial charge in [0, 0.05) is 12.2 Å². The lowest BCUT2D eigenvalue weighted by Crippen LogP contribution is -2.41. The minimum Gasteiger partial charge on any atom is -0.493 e. The van der Waals surface area contributed by atoms with Crippen molar-refractivity contribution in [2.24, 2.45) is 5.41 Å². The Kier molecular flexibility index (Phi) is 6.14. The topological polar surface area (TPSA) is 114 Å². The lowest BCUT2D eigenvalue weighted by Gasteiger charge is -2.30. The van der Waals surface area contributed by atoms with Crippen molar-refractivity contribution in [2.45, 2.75) is 33.7 Å². The van der Waals surface area contributed by atoms with Gasteiger partial charge in [-0.05, 0) is 30.5 Å². The van der Waals surface area contributed by atoms with Gasteiger partial charge in [0.2, 0.25) is 5.95 Å². The highest BCUT2D eigenvalue weighted by Crippen LogP contribution is 2.36. The van der Waals surface area contributed by atoms with Crippen molar-refractivity contribution in [3.05, 3.63) is 50.9 Å². The summed E-state index contributed by atoms with van der Waals surface area (Å²) in [5.74, 6) is 1.73. The maximum atomic E-state index is 12.1. The molecular formula is C22H27N5O4. The van der Waals surface area contributed by atoms with Crippen LogP contribution in [0.5, 0.6) is 11.5 Å². The van der Waals surface area contributed by atoms with Gasteiger partial charge in [-0.15, -0.1) is 0 Å². The van der Waals surface area contributed by atoms with Crippen LogP contribution >= 0.6 is 0 Å². The summed E-state index contributed by atoms with van der Waals surface area (Å²) in [6.45, 7) is 8.13. The van der Waals surface area contributed by atoms with Crippen LogP contribution in [0.1, 0.15) is 27.7 Å². The van der Waals surface area contributed by atoms with Gasteiger partial charge in [-0.3, -0.25) is 9.59 Å². The van der Waals surface area contributed by atoms with Gasteiger partial charge < -0.3 is 25.4 Å². The van der Waals surface area contributed by atoms with Crippen molar-refractivity contribution in [3.8, 4) is 11.5 Å². The van der Waals surface area contributed by atoms with E-state index in [2.05, 4.69) is 46.7 Å². The average Bonchev–Trinajstić information content (AvgIpc) is 2.75. The van der Waals surface area contributed by atoms with Crippen LogP contribution in [-0.2, 0) is 0 Å². The molecule has 31 heavy (non-hydrogen) atoms. The van der Waals surface area contributed by atoms with Gasteiger partial charge in [0.05, 0.1) is 19.9 Å². The number of benzene rings is 1. The molecule has 0 saturated carbocycles. The Bertz CT molecular complexity index is 1150. The van der Waals surface area contributed by atoms with E-state index < -0.39 is 10.9 Å². The summed E-state index contributed by atoms with van der Waals surface area (Å²) in [7, 11) is 3.10. The molecule has 3 aromatic rings. The lowest BCUT2D eigenvalue weighted by molar-refractivity contribution is 0.356. The summed E-state index contributed by atoms with van der Waals surface area (Å²) in [6, 6.07) is 6.99. The second-order valence-corrected chi connectivity index (χ2v) is 8.20. The summed E-state index contributed by atoms with van der Waals surface area (Å²) in [6.07, 6.45) is 1.54. The molecule has 0 fully saturated rings. The van der Waals surface area contributed by atoms with E-state index in [0.29, 0.717) is 23.0 Å². The fourth-order valence-corrected chi connectivity index (χ4v) is 2.80. The van der Waals surface area contributed by atoms with Crippen molar-refractivity contribution in [1.29, 1.82) is 0 Å². The van der Waals surface area contributed by atoms with E-state index in [-0.39, 0.29) is 28.8 Å². The van der Waals surface area contributed by atoms with Gasteiger partial charge in [0.15, 0.2) is 11.5 Å². The predicted molar refractivity (Wildman–Crippen MR) is 122 cm³/mol. The van der Waals surface area contributed by atoms with Gasteiger partial charge in [0.1, 0.15) is 17.2 Å². The van der Waals surface area contributed by atoms with Gasteiger partial charge >= 0.3 is 0 Å². The quantitative estimate of drug-likeness (QED) is 0.467. The third-order valence-electron chi connectivity index (χ3n) is 5.13. The molecule has 0 saturated heterocycles. The molecular weight excluding hydrogens is 398 g/mol.